The fourth-order valence-corrected chi connectivity index (χ4v) is 4.19. The van der Waals surface area contributed by atoms with Crippen LogP contribution in [0.5, 0.6) is 5.75 Å². The van der Waals surface area contributed by atoms with Gasteiger partial charge in [-0.1, -0.05) is 18.2 Å². The molecule has 0 atom stereocenters. The summed E-state index contributed by atoms with van der Waals surface area (Å²) in [4.78, 5) is 26.1. The van der Waals surface area contributed by atoms with Gasteiger partial charge in [-0.3, -0.25) is 4.79 Å². The van der Waals surface area contributed by atoms with Gasteiger partial charge in [0.15, 0.2) is 5.78 Å². The van der Waals surface area contributed by atoms with Crippen LogP contribution < -0.4 is 39.4 Å². The number of carboxylic acids is 1. The van der Waals surface area contributed by atoms with E-state index in [1.54, 1.807) is 66.7 Å². The summed E-state index contributed by atoms with van der Waals surface area (Å²) >= 11 is 1.02. The van der Waals surface area contributed by atoms with Gasteiger partial charge in [0.25, 0.3) is 0 Å². The van der Waals surface area contributed by atoms with E-state index in [2.05, 4.69) is 8.75 Å². The number of hydrogen-bond acceptors (Lipinski definition) is 8. The van der Waals surface area contributed by atoms with Crippen molar-refractivity contribution in [3.63, 3.8) is 0 Å². The summed E-state index contributed by atoms with van der Waals surface area (Å²) in [7, 11) is 0. The molecule has 0 radical (unpaired) electrons. The average molecular weight is 506 g/mol. The summed E-state index contributed by atoms with van der Waals surface area (Å²) < 4.78 is 14.0. The van der Waals surface area contributed by atoms with Gasteiger partial charge in [-0.25, -0.2) is 0 Å². The summed E-state index contributed by atoms with van der Waals surface area (Å²) in [5, 5.41) is 21.5. The minimum absolute atomic E-state index is 0. The van der Waals surface area contributed by atoms with Crippen LogP contribution in [0.25, 0.3) is 16.6 Å². The van der Waals surface area contributed by atoms with E-state index in [9.17, 15) is 14.7 Å². The number of aliphatic carboxylic acids is 1. The SMILES string of the molecule is CC(C)Oc1ccc(C(=O)/C(Cc2ccc(C#N)cc2)=C(/C(=O)[O-])c2ccc3nsnc3c2)cc1.[Na+]. The smallest absolute Gasteiger partial charge is 0.545 e. The van der Waals surface area contributed by atoms with E-state index < -0.39 is 11.8 Å². The summed E-state index contributed by atoms with van der Waals surface area (Å²) in [6.45, 7) is 3.80. The van der Waals surface area contributed by atoms with Crippen LogP contribution in [0.3, 0.4) is 0 Å². The number of hydrogen-bond donors (Lipinski definition) is 0. The van der Waals surface area contributed by atoms with Crippen LogP contribution in [0.15, 0.2) is 72.3 Å². The number of allylic oxidation sites excluding steroid dienone is 1. The molecule has 0 spiro atoms. The number of ketones is 1. The summed E-state index contributed by atoms with van der Waals surface area (Å²) in [6, 6.07) is 20.1. The van der Waals surface area contributed by atoms with Crippen LogP contribution in [0, 0.1) is 11.3 Å². The second kappa shape index (κ2) is 12.1. The number of Topliss-reactive ketones (excluding diaryl/α,β-unsaturated/α-hetero) is 1. The molecule has 0 bridgehead atoms. The van der Waals surface area contributed by atoms with Crippen LogP contribution in [0.1, 0.15) is 40.9 Å². The Kier molecular flexibility index (Phi) is 9.13. The molecule has 0 N–H and O–H groups in total. The average Bonchev–Trinajstić information content (AvgIpc) is 3.31. The minimum atomic E-state index is -1.47. The second-order valence-corrected chi connectivity index (χ2v) is 8.64. The molecule has 36 heavy (non-hydrogen) atoms. The fraction of sp³-hybridized carbons (Fsp3) is 0.148. The van der Waals surface area contributed by atoms with E-state index in [1.807, 2.05) is 19.9 Å². The first-order chi connectivity index (χ1) is 16.9. The fourth-order valence-electron chi connectivity index (χ4n) is 3.67. The first kappa shape index (κ1) is 27.2. The summed E-state index contributed by atoms with van der Waals surface area (Å²) in [5.41, 5.74) is 2.80. The van der Waals surface area contributed by atoms with Crippen molar-refractivity contribution in [1.29, 1.82) is 5.26 Å². The van der Waals surface area contributed by atoms with Gasteiger partial charge in [-0.05, 0) is 73.5 Å². The van der Waals surface area contributed by atoms with Crippen LogP contribution in [0.4, 0.5) is 0 Å². The minimum Gasteiger partial charge on any atom is -0.545 e. The van der Waals surface area contributed by atoms with E-state index in [0.29, 0.717) is 39.0 Å². The zero-order valence-electron chi connectivity index (χ0n) is 20.0. The molecule has 1 heterocycles. The zero-order valence-corrected chi connectivity index (χ0v) is 22.8. The maximum atomic E-state index is 13.7. The number of nitrogens with zero attached hydrogens (tertiary/aromatic N) is 3. The molecule has 1 aromatic heterocycles. The van der Waals surface area contributed by atoms with E-state index in [4.69, 9.17) is 10.00 Å². The Morgan fingerprint density at radius 2 is 1.61 bits per heavy atom. The van der Waals surface area contributed by atoms with Crippen LogP contribution in [-0.4, -0.2) is 26.6 Å². The number of carbonyl (C=O) groups is 2. The van der Waals surface area contributed by atoms with E-state index in [1.165, 1.54) is 0 Å². The Labute approximate surface area is 234 Å². The van der Waals surface area contributed by atoms with Crippen LogP contribution in [0.2, 0.25) is 0 Å². The summed E-state index contributed by atoms with van der Waals surface area (Å²) in [6.07, 6.45) is 0.00837. The predicted octanol–water partition coefficient (Wildman–Crippen LogP) is 0.983. The molecular formula is C27H20N3NaO4S. The van der Waals surface area contributed by atoms with Crippen molar-refractivity contribution >= 4 is 40.1 Å². The second-order valence-electron chi connectivity index (χ2n) is 8.11. The third-order valence-electron chi connectivity index (χ3n) is 5.27. The van der Waals surface area contributed by atoms with Gasteiger partial charge >= 0.3 is 29.6 Å². The van der Waals surface area contributed by atoms with Crippen molar-refractivity contribution in [1.82, 2.24) is 8.75 Å². The standard InChI is InChI=1S/C27H21N3O4S.Na/c1-16(2)34-21-10-7-19(8-11-21)26(31)22(13-17-3-5-18(15-28)6-4-17)25(27(32)33)20-9-12-23-24(14-20)30-35-29-23;/h3-12,14,16H,13H2,1-2H3,(H,32,33);/q;+1/p-1/b25-22+;. The van der Waals surface area contributed by atoms with Gasteiger partial charge in [0.2, 0.25) is 0 Å². The molecule has 0 unspecified atom stereocenters. The topological polar surface area (TPSA) is 116 Å². The maximum Gasteiger partial charge on any atom is 1.00 e. The Morgan fingerprint density at radius 1 is 0.972 bits per heavy atom. The predicted molar refractivity (Wildman–Crippen MR) is 131 cm³/mol. The molecule has 0 fully saturated rings. The molecule has 0 saturated carbocycles. The molecule has 0 saturated heterocycles. The Bertz CT molecular complexity index is 1470. The van der Waals surface area contributed by atoms with Crippen molar-refractivity contribution in [3.8, 4) is 11.8 Å². The van der Waals surface area contributed by atoms with Crippen molar-refractivity contribution in [2.45, 2.75) is 26.4 Å². The number of carbonyl (C=O) groups excluding carboxylic acids is 2. The molecule has 4 rings (SSSR count). The van der Waals surface area contributed by atoms with Crippen molar-refractivity contribution in [3.05, 3.63) is 94.6 Å². The number of rotatable bonds is 8. The van der Waals surface area contributed by atoms with E-state index in [0.717, 1.165) is 11.7 Å². The monoisotopic (exact) mass is 505 g/mol. The molecule has 0 aliphatic rings. The molecule has 3 aromatic carbocycles. The number of nitriles is 1. The molecule has 0 aliphatic carbocycles. The molecular weight excluding hydrogens is 485 g/mol. The molecule has 4 aromatic rings. The number of fused-ring (bicyclic) bond motifs is 1. The number of aromatic nitrogens is 2. The zero-order chi connectivity index (χ0) is 24.9. The number of ether oxygens (including phenoxy) is 1. The van der Waals surface area contributed by atoms with Gasteiger partial charge in [-0.15, -0.1) is 0 Å². The van der Waals surface area contributed by atoms with Crippen LogP contribution >= 0.6 is 11.7 Å². The Morgan fingerprint density at radius 3 is 2.22 bits per heavy atom. The normalized spacial score (nSPS) is 11.4. The molecule has 174 valence electrons. The van der Waals surface area contributed by atoms with Gasteiger partial charge in [0.05, 0.1) is 35.4 Å². The van der Waals surface area contributed by atoms with Gasteiger partial charge in [0.1, 0.15) is 16.8 Å². The Balaban J connectivity index is 0.00000361. The first-order valence-electron chi connectivity index (χ1n) is 10.8. The van der Waals surface area contributed by atoms with Gasteiger partial charge in [-0.2, -0.15) is 14.0 Å². The molecule has 9 heteroatoms. The molecule has 7 nitrogen and oxygen atoms in total. The van der Waals surface area contributed by atoms with Crippen molar-refractivity contribution in [2.75, 3.05) is 0 Å². The summed E-state index contributed by atoms with van der Waals surface area (Å²) in [5.74, 6) is -1.30. The maximum absolute atomic E-state index is 13.7. The molecule has 0 aliphatic heterocycles. The largest absolute Gasteiger partial charge is 1.00 e. The number of benzene rings is 3. The third kappa shape index (κ3) is 6.25. The van der Waals surface area contributed by atoms with E-state index >= 15 is 0 Å². The van der Waals surface area contributed by atoms with Gasteiger partial charge < -0.3 is 14.6 Å². The Hall–Kier alpha value is -3.35. The van der Waals surface area contributed by atoms with Crippen LogP contribution in [-0.2, 0) is 11.2 Å². The quantitative estimate of drug-likeness (QED) is 0.199. The third-order valence-corrected chi connectivity index (χ3v) is 5.83. The molecule has 0 amide bonds. The van der Waals surface area contributed by atoms with E-state index in [-0.39, 0.29) is 53.2 Å². The van der Waals surface area contributed by atoms with Gasteiger partial charge in [0, 0.05) is 23.1 Å². The van der Waals surface area contributed by atoms with Crippen molar-refractivity contribution in [2.24, 2.45) is 0 Å². The first-order valence-corrected chi connectivity index (χ1v) is 11.6. The van der Waals surface area contributed by atoms with Crippen molar-refractivity contribution < 1.29 is 49.0 Å². The number of carboxylic acid groups (broad SMARTS) is 1.